The molecule has 106 valence electrons. The van der Waals surface area contributed by atoms with E-state index in [-0.39, 0.29) is 11.9 Å². The Bertz CT molecular complexity index is 600. The van der Waals surface area contributed by atoms with Gasteiger partial charge in [0.15, 0.2) is 0 Å². The molecule has 4 heteroatoms. The van der Waals surface area contributed by atoms with Gasteiger partial charge in [-0.1, -0.05) is 18.2 Å². The van der Waals surface area contributed by atoms with Gasteiger partial charge in [-0.3, -0.25) is 4.79 Å². The first-order valence-electron chi connectivity index (χ1n) is 6.89. The van der Waals surface area contributed by atoms with Crippen LogP contribution in [0.1, 0.15) is 30.8 Å². The zero-order valence-corrected chi connectivity index (χ0v) is 12.5. The highest BCUT2D eigenvalue weighted by molar-refractivity contribution is 5.79. The third kappa shape index (κ3) is 3.07. The number of nitrogens with one attached hydrogen (secondary N) is 1. The minimum Gasteiger partial charge on any atom is -0.354 e. The van der Waals surface area contributed by atoms with Crippen LogP contribution in [-0.2, 0) is 11.2 Å². The van der Waals surface area contributed by atoms with Crippen molar-refractivity contribution in [1.82, 2.24) is 15.1 Å². The minimum absolute atomic E-state index is 0.0406. The monoisotopic (exact) mass is 271 g/mol. The molecule has 0 radical (unpaired) electrons. The maximum absolute atomic E-state index is 11.9. The molecule has 20 heavy (non-hydrogen) atoms. The van der Waals surface area contributed by atoms with Crippen molar-refractivity contribution >= 4 is 5.91 Å². The van der Waals surface area contributed by atoms with Crippen molar-refractivity contribution in [2.45, 2.75) is 40.2 Å². The summed E-state index contributed by atoms with van der Waals surface area (Å²) in [6.45, 7) is 7.88. The van der Waals surface area contributed by atoms with Crippen LogP contribution in [0.4, 0.5) is 0 Å². The number of benzene rings is 1. The van der Waals surface area contributed by atoms with E-state index in [0.717, 1.165) is 22.6 Å². The van der Waals surface area contributed by atoms with Crippen LogP contribution in [0.25, 0.3) is 5.69 Å². The molecule has 0 saturated carbocycles. The van der Waals surface area contributed by atoms with Gasteiger partial charge in [0, 0.05) is 17.3 Å². The van der Waals surface area contributed by atoms with Crippen LogP contribution in [0, 0.1) is 13.8 Å². The number of hydrogen-bond acceptors (Lipinski definition) is 2. The Balaban J connectivity index is 2.28. The molecule has 1 heterocycles. The number of nitrogens with zero attached hydrogens (tertiary/aromatic N) is 2. The van der Waals surface area contributed by atoms with E-state index >= 15 is 0 Å². The summed E-state index contributed by atoms with van der Waals surface area (Å²) in [5.74, 6) is 0.0406. The zero-order valence-electron chi connectivity index (χ0n) is 12.5. The lowest BCUT2D eigenvalue weighted by molar-refractivity contribution is -0.120. The number of hydrogen-bond donors (Lipinski definition) is 1. The summed E-state index contributed by atoms with van der Waals surface area (Å²) in [5, 5.41) is 7.47. The second-order valence-electron chi connectivity index (χ2n) is 5.30. The predicted molar refractivity (Wildman–Crippen MR) is 80.0 cm³/mol. The Morgan fingerprint density at radius 2 is 1.90 bits per heavy atom. The van der Waals surface area contributed by atoms with Gasteiger partial charge in [0.1, 0.15) is 0 Å². The molecule has 0 aliphatic carbocycles. The molecule has 0 aliphatic rings. The van der Waals surface area contributed by atoms with Crippen molar-refractivity contribution in [2.75, 3.05) is 0 Å². The van der Waals surface area contributed by atoms with Gasteiger partial charge in [0.05, 0.1) is 17.8 Å². The smallest absolute Gasteiger partial charge is 0.224 e. The molecule has 2 aromatic rings. The van der Waals surface area contributed by atoms with Crippen LogP contribution in [-0.4, -0.2) is 21.7 Å². The molecule has 2 rings (SSSR count). The summed E-state index contributed by atoms with van der Waals surface area (Å²) in [5.41, 5.74) is 3.95. The van der Waals surface area contributed by atoms with E-state index in [0.29, 0.717) is 6.42 Å². The number of carbonyl (C=O) groups excluding carboxylic acids is 1. The lowest BCUT2D eigenvalue weighted by Gasteiger charge is -2.09. The highest BCUT2D eigenvalue weighted by atomic mass is 16.1. The van der Waals surface area contributed by atoms with Crippen LogP contribution in [0.5, 0.6) is 0 Å². The van der Waals surface area contributed by atoms with Crippen molar-refractivity contribution < 1.29 is 4.79 Å². The van der Waals surface area contributed by atoms with E-state index in [1.54, 1.807) is 0 Å². The predicted octanol–water partition coefficient (Wildman–Crippen LogP) is 2.56. The van der Waals surface area contributed by atoms with Gasteiger partial charge < -0.3 is 5.32 Å². The Morgan fingerprint density at radius 1 is 1.25 bits per heavy atom. The molecule has 0 atom stereocenters. The van der Waals surface area contributed by atoms with Crippen molar-refractivity contribution in [1.29, 1.82) is 0 Å². The number of carbonyl (C=O) groups is 1. The van der Waals surface area contributed by atoms with Gasteiger partial charge in [-0.15, -0.1) is 0 Å². The Morgan fingerprint density at radius 3 is 2.50 bits per heavy atom. The van der Waals surface area contributed by atoms with Crippen LogP contribution >= 0.6 is 0 Å². The largest absolute Gasteiger partial charge is 0.354 e. The first-order chi connectivity index (χ1) is 9.49. The molecule has 0 unspecified atom stereocenters. The van der Waals surface area contributed by atoms with Crippen molar-refractivity contribution in [3.63, 3.8) is 0 Å². The molecular formula is C16H21N3O. The summed E-state index contributed by atoms with van der Waals surface area (Å²) in [6.07, 6.45) is 0.378. The molecule has 1 N–H and O–H groups in total. The van der Waals surface area contributed by atoms with Gasteiger partial charge in [-0.05, 0) is 39.8 Å². The van der Waals surface area contributed by atoms with Crippen LogP contribution in [0.15, 0.2) is 30.3 Å². The van der Waals surface area contributed by atoms with Gasteiger partial charge in [-0.2, -0.15) is 5.10 Å². The average Bonchev–Trinajstić information content (AvgIpc) is 2.67. The lowest BCUT2D eigenvalue weighted by atomic mass is 10.1. The maximum Gasteiger partial charge on any atom is 0.224 e. The van der Waals surface area contributed by atoms with E-state index in [4.69, 9.17) is 0 Å². The molecular weight excluding hydrogens is 250 g/mol. The highest BCUT2D eigenvalue weighted by Gasteiger charge is 2.16. The lowest BCUT2D eigenvalue weighted by Crippen LogP contribution is -2.31. The minimum atomic E-state index is 0.0406. The molecule has 0 spiro atoms. The summed E-state index contributed by atoms with van der Waals surface area (Å²) in [7, 11) is 0. The maximum atomic E-state index is 11.9. The third-order valence-corrected chi connectivity index (χ3v) is 3.23. The molecule has 0 saturated heterocycles. The van der Waals surface area contributed by atoms with E-state index in [9.17, 15) is 4.79 Å². The molecule has 1 amide bonds. The highest BCUT2D eigenvalue weighted by Crippen LogP contribution is 2.18. The Kier molecular flexibility index (Phi) is 4.23. The van der Waals surface area contributed by atoms with E-state index in [1.807, 2.05) is 62.7 Å². The third-order valence-electron chi connectivity index (χ3n) is 3.23. The van der Waals surface area contributed by atoms with Gasteiger partial charge >= 0.3 is 0 Å². The van der Waals surface area contributed by atoms with Gasteiger partial charge in [0.2, 0.25) is 5.91 Å². The zero-order chi connectivity index (χ0) is 14.7. The first-order valence-corrected chi connectivity index (χ1v) is 6.89. The van der Waals surface area contributed by atoms with Crippen LogP contribution in [0.3, 0.4) is 0 Å². The second-order valence-corrected chi connectivity index (χ2v) is 5.30. The Hall–Kier alpha value is -2.10. The Labute approximate surface area is 119 Å². The standard InChI is InChI=1S/C16H21N3O/c1-11(2)17-16(20)10-15-12(3)18-19(13(15)4)14-8-6-5-7-9-14/h5-9,11H,10H2,1-4H3,(H,17,20). The normalized spacial score (nSPS) is 10.8. The number of rotatable bonds is 4. The topological polar surface area (TPSA) is 46.9 Å². The number of aryl methyl sites for hydroxylation is 1. The quantitative estimate of drug-likeness (QED) is 0.929. The van der Waals surface area contributed by atoms with Gasteiger partial charge in [-0.25, -0.2) is 4.68 Å². The number of para-hydroxylation sites is 1. The van der Waals surface area contributed by atoms with Crippen LogP contribution < -0.4 is 5.32 Å². The summed E-state index contributed by atoms with van der Waals surface area (Å²) in [4.78, 5) is 11.9. The summed E-state index contributed by atoms with van der Waals surface area (Å²) >= 11 is 0. The van der Waals surface area contributed by atoms with Crippen molar-refractivity contribution in [3.05, 3.63) is 47.3 Å². The fourth-order valence-electron chi connectivity index (χ4n) is 2.28. The number of aromatic nitrogens is 2. The SMILES string of the molecule is Cc1nn(-c2ccccc2)c(C)c1CC(=O)NC(C)C. The second kappa shape index (κ2) is 5.90. The van der Waals surface area contributed by atoms with E-state index in [2.05, 4.69) is 10.4 Å². The fourth-order valence-corrected chi connectivity index (χ4v) is 2.28. The summed E-state index contributed by atoms with van der Waals surface area (Å²) in [6, 6.07) is 10.1. The average molecular weight is 271 g/mol. The van der Waals surface area contributed by atoms with E-state index < -0.39 is 0 Å². The van der Waals surface area contributed by atoms with Crippen LogP contribution in [0.2, 0.25) is 0 Å². The molecule has 0 aliphatic heterocycles. The molecule has 1 aromatic heterocycles. The van der Waals surface area contributed by atoms with Crippen molar-refractivity contribution in [3.8, 4) is 5.69 Å². The first kappa shape index (κ1) is 14.3. The van der Waals surface area contributed by atoms with Crippen molar-refractivity contribution in [2.24, 2.45) is 0 Å². The fraction of sp³-hybridized carbons (Fsp3) is 0.375. The molecule has 0 fully saturated rings. The summed E-state index contributed by atoms with van der Waals surface area (Å²) < 4.78 is 1.90. The van der Waals surface area contributed by atoms with Gasteiger partial charge in [0.25, 0.3) is 0 Å². The molecule has 0 bridgehead atoms. The van der Waals surface area contributed by atoms with E-state index in [1.165, 1.54) is 0 Å². The number of amides is 1. The molecule has 4 nitrogen and oxygen atoms in total. The molecule has 1 aromatic carbocycles.